The predicted octanol–water partition coefficient (Wildman–Crippen LogP) is 6.97. The number of halogens is 3. The zero-order chi connectivity index (χ0) is 19.5. The van der Waals surface area contributed by atoms with Crippen molar-refractivity contribution in [1.82, 2.24) is 0 Å². The fraction of sp³-hybridized carbons (Fsp3) is 0.440. The van der Waals surface area contributed by atoms with Gasteiger partial charge in [-0.05, 0) is 79.3 Å². The molecule has 4 rings (SSSR count). The molecule has 0 aromatic heterocycles. The molecule has 2 aliphatic rings. The standard InChI is InChI=1S/C25H25F3/c26-23-14-6-17(15-25(23)28)5-7-21-12-13-22(16-24(21)27)20-10-8-19(9-11-20)18-3-1-2-4-18/h6,12-16,18-20H,1-4,8-11H2/t19-,20-. The Morgan fingerprint density at radius 3 is 2.04 bits per heavy atom. The molecule has 0 spiro atoms. The lowest BCUT2D eigenvalue weighted by molar-refractivity contribution is 0.235. The molecule has 2 fully saturated rings. The van der Waals surface area contributed by atoms with Gasteiger partial charge in [-0.1, -0.05) is 43.6 Å². The van der Waals surface area contributed by atoms with Crippen LogP contribution in [0.4, 0.5) is 13.2 Å². The van der Waals surface area contributed by atoms with E-state index >= 15 is 0 Å². The van der Waals surface area contributed by atoms with Crippen molar-refractivity contribution in [2.24, 2.45) is 11.8 Å². The average Bonchev–Trinajstić information content (AvgIpc) is 3.24. The molecular weight excluding hydrogens is 357 g/mol. The first-order valence-electron chi connectivity index (χ1n) is 10.4. The highest BCUT2D eigenvalue weighted by Gasteiger charge is 2.30. The van der Waals surface area contributed by atoms with Gasteiger partial charge < -0.3 is 0 Å². The van der Waals surface area contributed by atoms with Crippen molar-refractivity contribution in [3.05, 3.63) is 70.5 Å². The van der Waals surface area contributed by atoms with Crippen LogP contribution in [0.2, 0.25) is 0 Å². The summed E-state index contributed by atoms with van der Waals surface area (Å²) >= 11 is 0. The summed E-state index contributed by atoms with van der Waals surface area (Å²) in [7, 11) is 0. The van der Waals surface area contributed by atoms with Crippen LogP contribution < -0.4 is 0 Å². The maximum Gasteiger partial charge on any atom is 0.160 e. The molecule has 0 N–H and O–H groups in total. The van der Waals surface area contributed by atoms with Gasteiger partial charge in [0.25, 0.3) is 0 Å². The number of hydrogen-bond donors (Lipinski definition) is 0. The highest BCUT2D eigenvalue weighted by Crippen LogP contribution is 2.43. The Kier molecular flexibility index (Phi) is 5.76. The van der Waals surface area contributed by atoms with Crippen molar-refractivity contribution in [2.75, 3.05) is 0 Å². The lowest BCUT2D eigenvalue weighted by Gasteiger charge is -2.32. The van der Waals surface area contributed by atoms with Gasteiger partial charge in [-0.3, -0.25) is 0 Å². The van der Waals surface area contributed by atoms with Crippen LogP contribution in [-0.2, 0) is 0 Å². The molecule has 2 aromatic rings. The Morgan fingerprint density at radius 2 is 1.36 bits per heavy atom. The molecule has 0 atom stereocenters. The molecule has 146 valence electrons. The second-order valence-electron chi connectivity index (χ2n) is 8.27. The van der Waals surface area contributed by atoms with E-state index in [2.05, 4.69) is 11.8 Å². The Balaban J connectivity index is 1.42. The van der Waals surface area contributed by atoms with Crippen LogP contribution in [0.1, 0.15) is 74.0 Å². The monoisotopic (exact) mass is 382 g/mol. The third-order valence-electron chi connectivity index (χ3n) is 6.56. The zero-order valence-corrected chi connectivity index (χ0v) is 16.0. The van der Waals surface area contributed by atoms with Gasteiger partial charge in [0.1, 0.15) is 5.82 Å². The van der Waals surface area contributed by atoms with Crippen molar-refractivity contribution in [1.29, 1.82) is 0 Å². The molecule has 0 radical (unpaired) electrons. The minimum atomic E-state index is -0.948. The van der Waals surface area contributed by atoms with Gasteiger partial charge in [0.05, 0.1) is 5.56 Å². The fourth-order valence-electron chi connectivity index (χ4n) is 4.95. The summed E-state index contributed by atoms with van der Waals surface area (Å²) in [5.74, 6) is 5.46. The van der Waals surface area contributed by atoms with E-state index in [-0.39, 0.29) is 11.4 Å². The summed E-state index contributed by atoms with van der Waals surface area (Å²) in [4.78, 5) is 0. The van der Waals surface area contributed by atoms with Gasteiger partial charge in [-0.15, -0.1) is 0 Å². The SMILES string of the molecule is Fc1ccc(C#Cc2ccc([C@H]3CC[C@H](C4CCCC4)CC3)cc2F)cc1F. The van der Waals surface area contributed by atoms with Crippen LogP contribution in [0.5, 0.6) is 0 Å². The van der Waals surface area contributed by atoms with E-state index in [1.165, 1.54) is 44.6 Å². The minimum Gasteiger partial charge on any atom is -0.206 e. The first-order chi connectivity index (χ1) is 13.6. The molecule has 2 saturated carbocycles. The lowest BCUT2D eigenvalue weighted by atomic mass is 9.73. The molecule has 0 heterocycles. The molecule has 28 heavy (non-hydrogen) atoms. The van der Waals surface area contributed by atoms with Crippen LogP contribution in [0.15, 0.2) is 36.4 Å². The normalized spacial score (nSPS) is 22.7. The second-order valence-corrected chi connectivity index (χ2v) is 8.27. The Hall–Kier alpha value is -2.21. The summed E-state index contributed by atoms with van der Waals surface area (Å²) in [6.07, 6.45) is 10.4. The Morgan fingerprint density at radius 1 is 0.643 bits per heavy atom. The Bertz CT molecular complexity index is 892. The molecule has 0 aliphatic heterocycles. The van der Waals surface area contributed by atoms with E-state index < -0.39 is 11.6 Å². The average molecular weight is 382 g/mol. The summed E-state index contributed by atoms with van der Waals surface area (Å²) < 4.78 is 40.8. The van der Waals surface area contributed by atoms with E-state index in [0.717, 1.165) is 42.4 Å². The number of rotatable bonds is 2. The third-order valence-corrected chi connectivity index (χ3v) is 6.56. The molecule has 2 aliphatic carbocycles. The van der Waals surface area contributed by atoms with Crippen LogP contribution in [-0.4, -0.2) is 0 Å². The molecular formula is C25H25F3. The van der Waals surface area contributed by atoms with Crippen LogP contribution in [0.3, 0.4) is 0 Å². The number of benzene rings is 2. The van der Waals surface area contributed by atoms with Crippen LogP contribution in [0, 0.1) is 41.1 Å². The minimum absolute atomic E-state index is 0.285. The van der Waals surface area contributed by atoms with Gasteiger partial charge in [-0.25, -0.2) is 13.2 Å². The fourth-order valence-corrected chi connectivity index (χ4v) is 4.95. The topological polar surface area (TPSA) is 0 Å². The largest absolute Gasteiger partial charge is 0.206 e. The third kappa shape index (κ3) is 4.27. The summed E-state index contributed by atoms with van der Waals surface area (Å²) in [5.41, 5.74) is 1.67. The first kappa shape index (κ1) is 19.1. The molecule has 0 nitrogen and oxygen atoms in total. The summed E-state index contributed by atoms with van der Waals surface area (Å²) in [5, 5.41) is 0. The lowest BCUT2D eigenvalue weighted by Crippen LogP contribution is -2.19. The Labute approximate surface area is 165 Å². The van der Waals surface area contributed by atoms with Crippen molar-refractivity contribution >= 4 is 0 Å². The van der Waals surface area contributed by atoms with Crippen molar-refractivity contribution in [2.45, 2.75) is 57.3 Å². The van der Waals surface area contributed by atoms with E-state index in [0.29, 0.717) is 11.5 Å². The number of hydrogen-bond acceptors (Lipinski definition) is 0. The van der Waals surface area contributed by atoms with E-state index in [1.54, 1.807) is 12.1 Å². The predicted molar refractivity (Wildman–Crippen MR) is 105 cm³/mol. The summed E-state index contributed by atoms with van der Waals surface area (Å²) in [6.45, 7) is 0. The van der Waals surface area contributed by atoms with E-state index in [4.69, 9.17) is 0 Å². The van der Waals surface area contributed by atoms with Crippen molar-refractivity contribution < 1.29 is 13.2 Å². The van der Waals surface area contributed by atoms with Crippen molar-refractivity contribution in [3.8, 4) is 11.8 Å². The summed E-state index contributed by atoms with van der Waals surface area (Å²) in [6, 6.07) is 8.73. The van der Waals surface area contributed by atoms with E-state index in [9.17, 15) is 13.2 Å². The highest BCUT2D eigenvalue weighted by atomic mass is 19.2. The van der Waals surface area contributed by atoms with Crippen LogP contribution >= 0.6 is 0 Å². The van der Waals surface area contributed by atoms with Gasteiger partial charge in [0, 0.05) is 5.56 Å². The first-order valence-corrected chi connectivity index (χ1v) is 10.4. The van der Waals surface area contributed by atoms with Gasteiger partial charge >= 0.3 is 0 Å². The van der Waals surface area contributed by atoms with Gasteiger partial charge in [0.15, 0.2) is 11.6 Å². The molecule has 3 heteroatoms. The zero-order valence-electron chi connectivity index (χ0n) is 16.0. The molecule has 0 saturated heterocycles. The maximum absolute atomic E-state index is 14.5. The molecule has 0 unspecified atom stereocenters. The van der Waals surface area contributed by atoms with Crippen LogP contribution in [0.25, 0.3) is 0 Å². The molecule has 2 aromatic carbocycles. The molecule has 0 bridgehead atoms. The quantitative estimate of drug-likeness (QED) is 0.492. The van der Waals surface area contributed by atoms with Gasteiger partial charge in [0.2, 0.25) is 0 Å². The second kappa shape index (κ2) is 8.43. The maximum atomic E-state index is 14.5. The highest BCUT2D eigenvalue weighted by molar-refractivity contribution is 5.44. The van der Waals surface area contributed by atoms with Crippen molar-refractivity contribution in [3.63, 3.8) is 0 Å². The van der Waals surface area contributed by atoms with Gasteiger partial charge in [-0.2, -0.15) is 0 Å². The molecule has 0 amide bonds. The smallest absolute Gasteiger partial charge is 0.160 e. The van der Waals surface area contributed by atoms with E-state index in [1.807, 2.05) is 6.07 Å².